The second-order valence-corrected chi connectivity index (χ2v) is 4.44. The Balaban J connectivity index is 2.32. The molecule has 92 valence electrons. The summed E-state index contributed by atoms with van der Waals surface area (Å²) in [4.78, 5) is 17.6. The Hall–Kier alpha value is -1.42. The van der Waals surface area contributed by atoms with Gasteiger partial charge in [-0.25, -0.2) is 0 Å². The SMILES string of the molecule is CCN1CCC[C@H](C(=O)O)[C@H]1c1ccncc1. The molecule has 0 amide bonds. The van der Waals surface area contributed by atoms with E-state index in [2.05, 4.69) is 16.8 Å². The highest BCUT2D eigenvalue weighted by Crippen LogP contribution is 2.35. The van der Waals surface area contributed by atoms with E-state index >= 15 is 0 Å². The lowest BCUT2D eigenvalue weighted by molar-refractivity contribution is -0.146. The zero-order chi connectivity index (χ0) is 12.3. The first-order valence-corrected chi connectivity index (χ1v) is 6.10. The first kappa shape index (κ1) is 12.0. The summed E-state index contributed by atoms with van der Waals surface area (Å²) in [5, 5.41) is 9.34. The third kappa shape index (κ3) is 2.47. The Labute approximate surface area is 101 Å². The Morgan fingerprint density at radius 2 is 2.24 bits per heavy atom. The van der Waals surface area contributed by atoms with Gasteiger partial charge in [-0.2, -0.15) is 0 Å². The smallest absolute Gasteiger partial charge is 0.308 e. The summed E-state index contributed by atoms with van der Waals surface area (Å²) in [6.45, 7) is 3.95. The number of hydrogen-bond acceptors (Lipinski definition) is 3. The maximum Gasteiger partial charge on any atom is 0.308 e. The van der Waals surface area contributed by atoms with Crippen LogP contribution < -0.4 is 0 Å². The number of carboxylic acids is 1. The van der Waals surface area contributed by atoms with Crippen LogP contribution in [0.3, 0.4) is 0 Å². The first-order valence-electron chi connectivity index (χ1n) is 6.10. The van der Waals surface area contributed by atoms with Gasteiger partial charge in [0.15, 0.2) is 0 Å². The lowest BCUT2D eigenvalue weighted by Gasteiger charge is -2.39. The van der Waals surface area contributed by atoms with E-state index in [0.717, 1.165) is 31.5 Å². The molecular formula is C13H18N2O2. The Kier molecular flexibility index (Phi) is 3.74. The summed E-state index contributed by atoms with van der Waals surface area (Å²) >= 11 is 0. The van der Waals surface area contributed by atoms with Crippen molar-refractivity contribution in [3.05, 3.63) is 30.1 Å². The van der Waals surface area contributed by atoms with Crippen LogP contribution in [0.2, 0.25) is 0 Å². The van der Waals surface area contributed by atoms with Gasteiger partial charge in [0, 0.05) is 18.4 Å². The fourth-order valence-electron chi connectivity index (χ4n) is 2.68. The highest BCUT2D eigenvalue weighted by Gasteiger charge is 2.36. The number of piperidine rings is 1. The average Bonchev–Trinajstić information content (AvgIpc) is 2.38. The van der Waals surface area contributed by atoms with Gasteiger partial charge in [-0.1, -0.05) is 6.92 Å². The number of carbonyl (C=O) groups is 1. The quantitative estimate of drug-likeness (QED) is 0.868. The topological polar surface area (TPSA) is 53.4 Å². The Morgan fingerprint density at radius 3 is 2.82 bits per heavy atom. The molecule has 2 atom stereocenters. The van der Waals surface area contributed by atoms with Gasteiger partial charge in [-0.15, -0.1) is 0 Å². The number of likely N-dealkylation sites (tertiary alicyclic amines) is 1. The molecule has 0 spiro atoms. The van der Waals surface area contributed by atoms with Crippen molar-refractivity contribution in [2.45, 2.75) is 25.8 Å². The molecule has 1 aliphatic rings. The normalized spacial score (nSPS) is 25.7. The van der Waals surface area contributed by atoms with E-state index in [-0.39, 0.29) is 12.0 Å². The molecule has 0 saturated carbocycles. The molecule has 1 N–H and O–H groups in total. The fraction of sp³-hybridized carbons (Fsp3) is 0.538. The predicted molar refractivity (Wildman–Crippen MR) is 64.6 cm³/mol. The molecule has 0 aromatic carbocycles. The van der Waals surface area contributed by atoms with Crippen molar-refractivity contribution >= 4 is 5.97 Å². The molecule has 1 aromatic heterocycles. The first-order chi connectivity index (χ1) is 8.24. The summed E-state index contributed by atoms with van der Waals surface area (Å²) in [5.74, 6) is -0.990. The van der Waals surface area contributed by atoms with Crippen molar-refractivity contribution in [1.29, 1.82) is 0 Å². The fourth-order valence-corrected chi connectivity index (χ4v) is 2.68. The summed E-state index contributed by atoms with van der Waals surface area (Å²) < 4.78 is 0. The molecule has 17 heavy (non-hydrogen) atoms. The Morgan fingerprint density at radius 1 is 1.53 bits per heavy atom. The van der Waals surface area contributed by atoms with Gasteiger partial charge >= 0.3 is 5.97 Å². The lowest BCUT2D eigenvalue weighted by Crippen LogP contribution is -2.41. The number of hydrogen-bond donors (Lipinski definition) is 1. The molecule has 1 aromatic rings. The van der Waals surface area contributed by atoms with E-state index in [4.69, 9.17) is 0 Å². The lowest BCUT2D eigenvalue weighted by atomic mass is 9.85. The van der Waals surface area contributed by atoms with Gasteiger partial charge in [-0.3, -0.25) is 14.7 Å². The maximum atomic E-state index is 11.4. The van der Waals surface area contributed by atoms with E-state index < -0.39 is 5.97 Å². The third-order valence-electron chi connectivity index (χ3n) is 3.51. The van der Waals surface area contributed by atoms with Crippen molar-refractivity contribution in [3.63, 3.8) is 0 Å². The number of nitrogens with zero attached hydrogens (tertiary/aromatic N) is 2. The molecule has 1 fully saturated rings. The van der Waals surface area contributed by atoms with Crippen LogP contribution >= 0.6 is 0 Å². The molecule has 2 heterocycles. The summed E-state index contributed by atoms with van der Waals surface area (Å²) in [6, 6.07) is 3.85. The van der Waals surface area contributed by atoms with Crippen LogP contribution in [-0.4, -0.2) is 34.0 Å². The molecule has 1 saturated heterocycles. The van der Waals surface area contributed by atoms with Gasteiger partial charge < -0.3 is 5.11 Å². The molecule has 4 heteroatoms. The van der Waals surface area contributed by atoms with Crippen LogP contribution in [0.25, 0.3) is 0 Å². The minimum absolute atomic E-state index is 0.00532. The zero-order valence-electron chi connectivity index (χ0n) is 10.0. The molecule has 0 aliphatic carbocycles. The van der Waals surface area contributed by atoms with E-state index in [0.29, 0.717) is 0 Å². The van der Waals surface area contributed by atoms with Gasteiger partial charge in [0.05, 0.1) is 5.92 Å². The Bertz CT molecular complexity index is 380. The van der Waals surface area contributed by atoms with Crippen LogP contribution in [0, 0.1) is 5.92 Å². The second kappa shape index (κ2) is 5.27. The van der Waals surface area contributed by atoms with Crippen LogP contribution in [-0.2, 0) is 4.79 Å². The van der Waals surface area contributed by atoms with Gasteiger partial charge in [-0.05, 0) is 43.6 Å². The average molecular weight is 234 g/mol. The molecule has 1 aliphatic heterocycles. The van der Waals surface area contributed by atoms with Crippen molar-refractivity contribution < 1.29 is 9.90 Å². The number of pyridine rings is 1. The van der Waals surface area contributed by atoms with Crippen molar-refractivity contribution in [2.75, 3.05) is 13.1 Å². The van der Waals surface area contributed by atoms with Crippen LogP contribution in [0.15, 0.2) is 24.5 Å². The molecule has 0 bridgehead atoms. The van der Waals surface area contributed by atoms with Gasteiger partial charge in [0.25, 0.3) is 0 Å². The standard InChI is InChI=1S/C13H18N2O2/c1-2-15-9-3-4-11(13(16)17)12(15)10-5-7-14-8-6-10/h5-8,11-12H,2-4,9H2,1H3,(H,16,17)/t11-,12+/m0/s1. The minimum atomic E-state index is -0.690. The molecule has 0 radical (unpaired) electrons. The number of aliphatic carboxylic acids is 1. The van der Waals surface area contributed by atoms with E-state index in [1.807, 2.05) is 12.1 Å². The molecular weight excluding hydrogens is 216 g/mol. The van der Waals surface area contributed by atoms with E-state index in [1.165, 1.54) is 0 Å². The van der Waals surface area contributed by atoms with Crippen molar-refractivity contribution in [3.8, 4) is 0 Å². The zero-order valence-corrected chi connectivity index (χ0v) is 10.0. The van der Waals surface area contributed by atoms with Crippen LogP contribution in [0.1, 0.15) is 31.4 Å². The van der Waals surface area contributed by atoms with Crippen LogP contribution in [0.4, 0.5) is 0 Å². The minimum Gasteiger partial charge on any atom is -0.481 e. The van der Waals surface area contributed by atoms with Crippen molar-refractivity contribution in [1.82, 2.24) is 9.88 Å². The van der Waals surface area contributed by atoms with Gasteiger partial charge in [0.2, 0.25) is 0 Å². The molecule has 2 rings (SSSR count). The van der Waals surface area contributed by atoms with Crippen molar-refractivity contribution in [2.24, 2.45) is 5.92 Å². The van der Waals surface area contributed by atoms with Gasteiger partial charge in [0.1, 0.15) is 0 Å². The summed E-state index contributed by atoms with van der Waals surface area (Å²) in [6.07, 6.45) is 5.19. The second-order valence-electron chi connectivity index (χ2n) is 4.44. The maximum absolute atomic E-state index is 11.4. The number of rotatable bonds is 3. The summed E-state index contributed by atoms with van der Waals surface area (Å²) in [5.41, 5.74) is 1.06. The van der Waals surface area contributed by atoms with Crippen LogP contribution in [0.5, 0.6) is 0 Å². The van der Waals surface area contributed by atoms with E-state index in [1.54, 1.807) is 12.4 Å². The monoisotopic (exact) mass is 234 g/mol. The highest BCUT2D eigenvalue weighted by molar-refractivity contribution is 5.71. The number of aromatic nitrogens is 1. The highest BCUT2D eigenvalue weighted by atomic mass is 16.4. The largest absolute Gasteiger partial charge is 0.481 e. The van der Waals surface area contributed by atoms with E-state index in [9.17, 15) is 9.90 Å². The number of carboxylic acid groups (broad SMARTS) is 1. The third-order valence-corrected chi connectivity index (χ3v) is 3.51. The molecule has 4 nitrogen and oxygen atoms in total. The molecule has 0 unspecified atom stereocenters. The predicted octanol–water partition coefficient (Wildman–Crippen LogP) is 1.94. The summed E-state index contributed by atoms with van der Waals surface area (Å²) in [7, 11) is 0.